The number of pyridine rings is 1. The van der Waals surface area contributed by atoms with Crippen LogP contribution in [-0.2, 0) is 9.59 Å². The van der Waals surface area contributed by atoms with Gasteiger partial charge in [0, 0.05) is 6.20 Å². The van der Waals surface area contributed by atoms with Crippen molar-refractivity contribution in [3.8, 4) is 17.2 Å². The molecule has 6 rings (SSSR count). The van der Waals surface area contributed by atoms with Crippen molar-refractivity contribution in [3.63, 3.8) is 0 Å². The van der Waals surface area contributed by atoms with Crippen LogP contribution in [0.2, 0.25) is 0 Å². The molecule has 0 aliphatic carbocycles. The molecule has 1 fully saturated rings. The molecular formula is C34H34N4O6S. The predicted octanol–water partition coefficient (Wildman–Crippen LogP) is 6.86. The van der Waals surface area contributed by atoms with Gasteiger partial charge in [-0.25, -0.2) is 9.97 Å². The number of carbonyl (C=O) groups excluding carboxylic acids is 2. The number of fused-ring (bicyclic) bond motifs is 2. The number of unbranched alkanes of at least 4 members (excludes halogenated alkanes) is 2. The minimum Gasteiger partial charge on any atom is -0.505 e. The van der Waals surface area contributed by atoms with E-state index in [1.54, 1.807) is 42.8 Å². The Bertz CT molecular complexity index is 1940. The number of benzene rings is 2. The summed E-state index contributed by atoms with van der Waals surface area (Å²) in [5.41, 5.74) is 2.59. The lowest BCUT2D eigenvalue weighted by Crippen LogP contribution is -2.29. The molecule has 232 valence electrons. The van der Waals surface area contributed by atoms with E-state index < -0.39 is 17.7 Å². The first kappa shape index (κ1) is 30.1. The number of aliphatic hydroxyl groups excluding tert-OH is 1. The maximum absolute atomic E-state index is 13.9. The number of aryl methyl sites for hydroxylation is 1. The van der Waals surface area contributed by atoms with E-state index in [1.807, 2.05) is 43.3 Å². The van der Waals surface area contributed by atoms with Crippen LogP contribution in [0.1, 0.15) is 56.1 Å². The van der Waals surface area contributed by atoms with Gasteiger partial charge in [0.15, 0.2) is 22.4 Å². The quantitative estimate of drug-likeness (QED) is 0.0732. The summed E-state index contributed by atoms with van der Waals surface area (Å²) < 4.78 is 19.9. The second-order valence-electron chi connectivity index (χ2n) is 10.7. The van der Waals surface area contributed by atoms with E-state index in [0.29, 0.717) is 63.7 Å². The summed E-state index contributed by atoms with van der Waals surface area (Å²) in [6.45, 7) is 6.83. The van der Waals surface area contributed by atoms with Gasteiger partial charge in [-0.15, -0.1) is 0 Å². The minimum atomic E-state index is -1.01. The van der Waals surface area contributed by atoms with Crippen molar-refractivity contribution in [3.05, 3.63) is 83.3 Å². The number of ether oxygens (including phenoxy) is 3. The number of hydrogen-bond donors (Lipinski definition) is 1. The molecule has 1 amide bonds. The molecule has 1 atom stereocenters. The highest BCUT2D eigenvalue weighted by Gasteiger charge is 2.49. The van der Waals surface area contributed by atoms with E-state index in [4.69, 9.17) is 19.2 Å². The SMILES string of the molecule is CCCCCOc1ccc(C2/C(=C(\O)c3c(C)nc4ccccn34)C(=O)C(=O)N2c2nc3ccc(OCC)cc3s2)cc1OC. The van der Waals surface area contributed by atoms with Gasteiger partial charge in [-0.05, 0) is 68.3 Å². The van der Waals surface area contributed by atoms with Gasteiger partial charge in [0.25, 0.3) is 5.78 Å². The summed E-state index contributed by atoms with van der Waals surface area (Å²) in [6, 6.07) is 15.3. The number of methoxy groups -OCH3 is 1. The molecule has 1 aliphatic heterocycles. The maximum atomic E-state index is 13.9. The molecule has 11 heteroatoms. The first-order valence-electron chi connectivity index (χ1n) is 14.9. The first-order chi connectivity index (χ1) is 21.9. The number of carbonyl (C=O) groups is 2. The lowest BCUT2D eigenvalue weighted by molar-refractivity contribution is -0.132. The van der Waals surface area contributed by atoms with Crippen LogP contribution in [0.25, 0.3) is 21.6 Å². The molecule has 1 unspecified atom stereocenters. The van der Waals surface area contributed by atoms with E-state index in [-0.39, 0.29) is 11.3 Å². The molecule has 45 heavy (non-hydrogen) atoms. The Kier molecular flexibility index (Phi) is 8.44. The van der Waals surface area contributed by atoms with Gasteiger partial charge in [0.1, 0.15) is 17.1 Å². The lowest BCUT2D eigenvalue weighted by atomic mass is 9.96. The van der Waals surface area contributed by atoms with E-state index in [1.165, 1.54) is 16.2 Å². The summed E-state index contributed by atoms with van der Waals surface area (Å²) in [5, 5.41) is 12.2. The minimum absolute atomic E-state index is 0.0679. The molecule has 0 spiro atoms. The normalized spacial score (nSPS) is 16.2. The first-order valence-corrected chi connectivity index (χ1v) is 15.8. The molecule has 10 nitrogen and oxygen atoms in total. The third-order valence-electron chi connectivity index (χ3n) is 7.75. The highest BCUT2D eigenvalue weighted by molar-refractivity contribution is 7.22. The van der Waals surface area contributed by atoms with Gasteiger partial charge in [-0.1, -0.05) is 43.2 Å². The summed E-state index contributed by atoms with van der Waals surface area (Å²) in [7, 11) is 1.54. The van der Waals surface area contributed by atoms with Crippen molar-refractivity contribution in [2.75, 3.05) is 25.2 Å². The fourth-order valence-corrected chi connectivity index (χ4v) is 6.65. The Morgan fingerprint density at radius 1 is 1.00 bits per heavy atom. The topological polar surface area (TPSA) is 115 Å². The number of aliphatic hydroxyl groups is 1. The number of amides is 1. The molecule has 1 N–H and O–H groups in total. The Morgan fingerprint density at radius 3 is 2.62 bits per heavy atom. The Labute approximate surface area is 264 Å². The summed E-state index contributed by atoms with van der Waals surface area (Å²) >= 11 is 1.27. The monoisotopic (exact) mass is 626 g/mol. The Hall–Kier alpha value is -4.90. The number of nitrogens with zero attached hydrogens (tertiary/aromatic N) is 4. The summed E-state index contributed by atoms with van der Waals surface area (Å²) in [4.78, 5) is 38.4. The van der Waals surface area contributed by atoms with Crippen LogP contribution in [0.5, 0.6) is 17.2 Å². The molecule has 1 aliphatic rings. The van der Waals surface area contributed by atoms with Crippen molar-refractivity contribution < 1.29 is 28.9 Å². The standard InChI is InChI=1S/C34H34N4O6S/c1-5-7-10-17-44-24-15-12-21(18-25(24)42-4)30-28(31(39)29-20(3)35-27-11-8-9-16-37(27)29)32(40)33(41)38(30)34-36-23-14-13-22(43-6-2)19-26(23)45-34/h8-9,11-16,18-19,30,39H,5-7,10,17H2,1-4H3/b31-28+. The molecule has 0 radical (unpaired) electrons. The number of aromatic nitrogens is 3. The molecule has 0 bridgehead atoms. The smallest absolute Gasteiger partial charge is 0.301 e. The van der Waals surface area contributed by atoms with Crippen molar-refractivity contribution in [1.82, 2.24) is 14.4 Å². The van der Waals surface area contributed by atoms with E-state index >= 15 is 0 Å². The fraction of sp³-hybridized carbons (Fsp3) is 0.294. The van der Waals surface area contributed by atoms with Crippen molar-refractivity contribution in [2.24, 2.45) is 0 Å². The molecule has 4 heterocycles. The average molecular weight is 627 g/mol. The van der Waals surface area contributed by atoms with E-state index in [2.05, 4.69) is 11.9 Å². The zero-order valence-corrected chi connectivity index (χ0v) is 26.4. The number of Topliss-reactive ketones (excluding diaryl/α,β-unsaturated/α-hetero) is 1. The van der Waals surface area contributed by atoms with Crippen LogP contribution in [-0.4, -0.2) is 51.5 Å². The van der Waals surface area contributed by atoms with Gasteiger partial charge in [-0.3, -0.25) is 18.9 Å². The van der Waals surface area contributed by atoms with Crippen LogP contribution in [0.15, 0.2) is 66.4 Å². The van der Waals surface area contributed by atoms with Crippen molar-refractivity contribution in [1.29, 1.82) is 0 Å². The van der Waals surface area contributed by atoms with Gasteiger partial charge < -0.3 is 19.3 Å². The Balaban J connectivity index is 1.52. The van der Waals surface area contributed by atoms with E-state index in [9.17, 15) is 14.7 Å². The van der Waals surface area contributed by atoms with Crippen molar-refractivity contribution in [2.45, 2.75) is 46.1 Å². The number of anilines is 1. The second-order valence-corrected chi connectivity index (χ2v) is 11.7. The number of imidazole rings is 1. The van der Waals surface area contributed by atoms with Crippen LogP contribution in [0.3, 0.4) is 0 Å². The zero-order chi connectivity index (χ0) is 31.7. The average Bonchev–Trinajstić information content (AvgIpc) is 3.69. The van der Waals surface area contributed by atoms with E-state index in [0.717, 1.165) is 24.0 Å². The molecule has 0 saturated carbocycles. The highest BCUT2D eigenvalue weighted by Crippen LogP contribution is 2.46. The molecular weight excluding hydrogens is 592 g/mol. The number of hydrogen-bond acceptors (Lipinski definition) is 9. The third-order valence-corrected chi connectivity index (χ3v) is 8.76. The van der Waals surface area contributed by atoms with Gasteiger partial charge >= 0.3 is 5.91 Å². The van der Waals surface area contributed by atoms with Gasteiger partial charge in [0.2, 0.25) is 0 Å². The van der Waals surface area contributed by atoms with Crippen LogP contribution in [0.4, 0.5) is 5.13 Å². The second kappa shape index (κ2) is 12.6. The predicted molar refractivity (Wildman–Crippen MR) is 174 cm³/mol. The molecule has 1 saturated heterocycles. The number of ketones is 1. The highest BCUT2D eigenvalue weighted by atomic mass is 32.1. The maximum Gasteiger partial charge on any atom is 0.301 e. The largest absolute Gasteiger partial charge is 0.505 e. The molecule has 3 aromatic heterocycles. The fourth-order valence-electron chi connectivity index (χ4n) is 5.63. The number of thiazole rings is 1. The lowest BCUT2D eigenvalue weighted by Gasteiger charge is -2.24. The van der Waals surface area contributed by atoms with Crippen LogP contribution < -0.4 is 19.1 Å². The van der Waals surface area contributed by atoms with Gasteiger partial charge in [0.05, 0.1) is 47.8 Å². The number of rotatable bonds is 11. The molecule has 2 aromatic carbocycles. The Morgan fingerprint density at radius 2 is 1.84 bits per heavy atom. The van der Waals surface area contributed by atoms with Crippen LogP contribution >= 0.6 is 11.3 Å². The summed E-state index contributed by atoms with van der Waals surface area (Å²) in [6.07, 6.45) is 4.78. The zero-order valence-electron chi connectivity index (χ0n) is 25.6. The summed E-state index contributed by atoms with van der Waals surface area (Å²) in [5.74, 6) is -0.259. The molecule has 5 aromatic rings. The van der Waals surface area contributed by atoms with Crippen LogP contribution in [0, 0.1) is 6.92 Å². The van der Waals surface area contributed by atoms with Crippen molar-refractivity contribution >= 4 is 49.8 Å². The third kappa shape index (κ3) is 5.48. The van der Waals surface area contributed by atoms with Gasteiger partial charge in [-0.2, -0.15) is 0 Å².